The van der Waals surface area contributed by atoms with Crippen LogP contribution in [0.5, 0.6) is 0 Å². The van der Waals surface area contributed by atoms with Gasteiger partial charge in [0, 0.05) is 32.0 Å². The molecule has 0 aliphatic carbocycles. The zero-order valence-electron chi connectivity index (χ0n) is 8.66. The Morgan fingerprint density at radius 3 is 3.00 bits per heavy atom. The molecule has 0 spiro atoms. The molecule has 0 aromatic carbocycles. The largest absolute Gasteiger partial charge is 0.383 e. The summed E-state index contributed by atoms with van der Waals surface area (Å²) in [5, 5.41) is 7.39. The Labute approximate surface area is 92.9 Å². The Morgan fingerprint density at radius 2 is 2.33 bits per heavy atom. The van der Waals surface area contributed by atoms with E-state index in [0.717, 1.165) is 12.1 Å². The van der Waals surface area contributed by atoms with Crippen LogP contribution in [0.1, 0.15) is 5.69 Å². The highest BCUT2D eigenvalue weighted by Crippen LogP contribution is 2.00. The minimum absolute atomic E-state index is 0.165. The molecule has 0 unspecified atom stereocenters. The summed E-state index contributed by atoms with van der Waals surface area (Å²) >= 11 is 1.56. The van der Waals surface area contributed by atoms with Gasteiger partial charge in [-0.2, -0.15) is 0 Å². The molecule has 0 saturated carbocycles. The average molecular weight is 229 g/mol. The van der Waals surface area contributed by atoms with Crippen molar-refractivity contribution in [1.82, 2.24) is 15.6 Å². The standard InChI is InChI=1S/C9H15N3O2S/c1-14-5-4-11-9(13)10-3-2-8-6-15-7-12-8/h6-7H,2-5H2,1H3,(H2,10,11,13). The fourth-order valence-corrected chi connectivity index (χ4v) is 1.59. The van der Waals surface area contributed by atoms with Crippen molar-refractivity contribution < 1.29 is 9.53 Å². The van der Waals surface area contributed by atoms with Gasteiger partial charge < -0.3 is 15.4 Å². The first-order valence-electron chi connectivity index (χ1n) is 4.70. The number of ether oxygens (including phenoxy) is 1. The second-order valence-electron chi connectivity index (χ2n) is 2.91. The van der Waals surface area contributed by atoms with Crippen LogP contribution in [0, 0.1) is 0 Å². The summed E-state index contributed by atoms with van der Waals surface area (Å²) < 4.78 is 4.80. The number of carbonyl (C=O) groups is 1. The lowest BCUT2D eigenvalue weighted by Gasteiger charge is -2.05. The number of aromatic nitrogens is 1. The maximum absolute atomic E-state index is 11.2. The smallest absolute Gasteiger partial charge is 0.314 e. The molecule has 15 heavy (non-hydrogen) atoms. The van der Waals surface area contributed by atoms with Crippen LogP contribution in [0.3, 0.4) is 0 Å². The van der Waals surface area contributed by atoms with Crippen molar-refractivity contribution >= 4 is 17.4 Å². The lowest BCUT2D eigenvalue weighted by Crippen LogP contribution is -2.38. The molecule has 0 radical (unpaired) electrons. The molecule has 1 rings (SSSR count). The zero-order chi connectivity index (χ0) is 10.9. The maximum Gasteiger partial charge on any atom is 0.314 e. The summed E-state index contributed by atoms with van der Waals surface area (Å²) in [5.41, 5.74) is 2.80. The third-order valence-electron chi connectivity index (χ3n) is 1.74. The molecule has 5 nitrogen and oxygen atoms in total. The number of amides is 2. The van der Waals surface area contributed by atoms with Gasteiger partial charge in [-0.3, -0.25) is 0 Å². The first-order chi connectivity index (χ1) is 7.33. The van der Waals surface area contributed by atoms with Gasteiger partial charge in [0.1, 0.15) is 0 Å². The van der Waals surface area contributed by atoms with Gasteiger partial charge in [0.15, 0.2) is 0 Å². The molecule has 84 valence electrons. The van der Waals surface area contributed by atoms with Gasteiger partial charge in [0.25, 0.3) is 0 Å². The van der Waals surface area contributed by atoms with E-state index in [9.17, 15) is 4.79 Å². The Kier molecular flexibility index (Phi) is 5.72. The number of methoxy groups -OCH3 is 1. The van der Waals surface area contributed by atoms with Crippen molar-refractivity contribution in [1.29, 1.82) is 0 Å². The van der Waals surface area contributed by atoms with Crippen LogP contribution in [0.4, 0.5) is 4.79 Å². The fourth-order valence-electron chi connectivity index (χ4n) is 0.994. The van der Waals surface area contributed by atoms with E-state index in [1.165, 1.54) is 0 Å². The number of nitrogens with one attached hydrogen (secondary N) is 2. The highest BCUT2D eigenvalue weighted by atomic mass is 32.1. The van der Waals surface area contributed by atoms with Gasteiger partial charge in [-0.25, -0.2) is 9.78 Å². The molecular weight excluding hydrogens is 214 g/mol. The third-order valence-corrected chi connectivity index (χ3v) is 2.38. The number of nitrogens with zero attached hydrogens (tertiary/aromatic N) is 1. The van der Waals surface area contributed by atoms with Crippen molar-refractivity contribution in [3.8, 4) is 0 Å². The van der Waals surface area contributed by atoms with Crippen LogP contribution in [0.2, 0.25) is 0 Å². The number of carbonyl (C=O) groups excluding carboxylic acids is 1. The molecule has 1 heterocycles. The van der Waals surface area contributed by atoms with Crippen molar-refractivity contribution in [2.75, 3.05) is 26.8 Å². The van der Waals surface area contributed by atoms with Crippen LogP contribution in [-0.4, -0.2) is 37.8 Å². The minimum Gasteiger partial charge on any atom is -0.383 e. The van der Waals surface area contributed by atoms with Crippen LogP contribution in [-0.2, 0) is 11.2 Å². The molecule has 0 bridgehead atoms. The molecule has 2 N–H and O–H groups in total. The monoisotopic (exact) mass is 229 g/mol. The van der Waals surface area contributed by atoms with Crippen LogP contribution < -0.4 is 10.6 Å². The zero-order valence-corrected chi connectivity index (χ0v) is 9.47. The summed E-state index contributed by atoms with van der Waals surface area (Å²) in [7, 11) is 1.60. The number of rotatable bonds is 6. The first-order valence-corrected chi connectivity index (χ1v) is 5.65. The molecule has 0 aliphatic heterocycles. The molecule has 0 saturated heterocycles. The van der Waals surface area contributed by atoms with Crippen molar-refractivity contribution in [2.45, 2.75) is 6.42 Å². The van der Waals surface area contributed by atoms with Gasteiger partial charge >= 0.3 is 6.03 Å². The highest BCUT2D eigenvalue weighted by Gasteiger charge is 1.99. The van der Waals surface area contributed by atoms with E-state index in [1.807, 2.05) is 5.38 Å². The topological polar surface area (TPSA) is 63.2 Å². The van der Waals surface area contributed by atoms with Crippen molar-refractivity contribution in [3.05, 3.63) is 16.6 Å². The molecule has 0 fully saturated rings. The van der Waals surface area contributed by atoms with E-state index < -0.39 is 0 Å². The SMILES string of the molecule is COCCNC(=O)NCCc1cscn1. The van der Waals surface area contributed by atoms with Gasteiger partial charge in [0.2, 0.25) is 0 Å². The summed E-state index contributed by atoms with van der Waals surface area (Å²) in [6.45, 7) is 1.65. The Balaban J connectivity index is 2.02. The van der Waals surface area contributed by atoms with Crippen LogP contribution >= 0.6 is 11.3 Å². The van der Waals surface area contributed by atoms with E-state index in [2.05, 4.69) is 15.6 Å². The summed E-state index contributed by atoms with van der Waals surface area (Å²) in [5.74, 6) is 0. The fraction of sp³-hybridized carbons (Fsp3) is 0.556. The predicted molar refractivity (Wildman–Crippen MR) is 59.1 cm³/mol. The van der Waals surface area contributed by atoms with Crippen LogP contribution in [0.15, 0.2) is 10.9 Å². The second kappa shape index (κ2) is 7.19. The average Bonchev–Trinajstić information content (AvgIpc) is 2.71. The Bertz CT molecular complexity index is 277. The lowest BCUT2D eigenvalue weighted by atomic mass is 10.3. The van der Waals surface area contributed by atoms with Gasteiger partial charge in [0.05, 0.1) is 17.8 Å². The van der Waals surface area contributed by atoms with E-state index in [-0.39, 0.29) is 6.03 Å². The second-order valence-corrected chi connectivity index (χ2v) is 3.62. The van der Waals surface area contributed by atoms with Gasteiger partial charge in [-0.1, -0.05) is 0 Å². The normalized spacial score (nSPS) is 9.93. The molecule has 1 aromatic rings. The third kappa shape index (κ3) is 5.34. The first kappa shape index (κ1) is 11.9. The quantitative estimate of drug-likeness (QED) is 0.703. The Hall–Kier alpha value is -1.14. The maximum atomic E-state index is 11.2. The molecular formula is C9H15N3O2S. The van der Waals surface area contributed by atoms with Crippen molar-refractivity contribution in [3.63, 3.8) is 0 Å². The number of hydrogen-bond donors (Lipinski definition) is 2. The Morgan fingerprint density at radius 1 is 1.53 bits per heavy atom. The van der Waals surface area contributed by atoms with E-state index in [0.29, 0.717) is 19.7 Å². The number of hydrogen-bond acceptors (Lipinski definition) is 4. The molecule has 6 heteroatoms. The van der Waals surface area contributed by atoms with Crippen molar-refractivity contribution in [2.24, 2.45) is 0 Å². The number of thiazole rings is 1. The summed E-state index contributed by atoms with van der Waals surface area (Å²) in [6, 6.07) is -0.165. The van der Waals surface area contributed by atoms with Gasteiger partial charge in [-0.05, 0) is 0 Å². The van der Waals surface area contributed by atoms with E-state index >= 15 is 0 Å². The van der Waals surface area contributed by atoms with Crippen LogP contribution in [0.25, 0.3) is 0 Å². The molecule has 2 amide bonds. The summed E-state index contributed by atoms with van der Waals surface area (Å²) in [6.07, 6.45) is 0.765. The summed E-state index contributed by atoms with van der Waals surface area (Å²) in [4.78, 5) is 15.3. The van der Waals surface area contributed by atoms with Gasteiger partial charge in [-0.15, -0.1) is 11.3 Å². The predicted octanol–water partition coefficient (Wildman–Crippen LogP) is 0.631. The minimum atomic E-state index is -0.165. The number of urea groups is 1. The highest BCUT2D eigenvalue weighted by molar-refractivity contribution is 7.07. The molecule has 1 aromatic heterocycles. The lowest BCUT2D eigenvalue weighted by molar-refractivity contribution is 0.196. The van der Waals surface area contributed by atoms with E-state index in [1.54, 1.807) is 24.0 Å². The molecule has 0 aliphatic rings. The molecule has 0 atom stereocenters. The van der Waals surface area contributed by atoms with E-state index in [4.69, 9.17) is 4.74 Å².